The fourth-order valence-corrected chi connectivity index (χ4v) is 5.88. The van der Waals surface area contributed by atoms with Gasteiger partial charge in [-0.25, -0.2) is 22.4 Å². The second-order valence-electron chi connectivity index (χ2n) is 8.04. The molecule has 8 heteroatoms. The van der Waals surface area contributed by atoms with Crippen LogP contribution in [-0.4, -0.2) is 28.4 Å². The van der Waals surface area contributed by atoms with Gasteiger partial charge in [0.15, 0.2) is 0 Å². The Kier molecular flexibility index (Phi) is 5.61. The van der Waals surface area contributed by atoms with E-state index in [-0.39, 0.29) is 4.90 Å². The van der Waals surface area contributed by atoms with Gasteiger partial charge in [-0.3, -0.25) is 0 Å². The second-order valence-corrected chi connectivity index (χ2v) is 10.3. The third-order valence-electron chi connectivity index (χ3n) is 5.92. The summed E-state index contributed by atoms with van der Waals surface area (Å²) in [7, 11) is -3.78. The van der Waals surface area contributed by atoms with Gasteiger partial charge in [0.1, 0.15) is 0 Å². The number of aromatic nitrogens is 3. The number of fused-ring (bicyclic) bond motifs is 1. The lowest BCUT2D eigenvalue weighted by Gasteiger charge is -2.22. The third kappa shape index (κ3) is 3.87. The monoisotopic (exact) mass is 466 g/mol. The van der Waals surface area contributed by atoms with Gasteiger partial charge in [0.25, 0.3) is 10.0 Å². The molecule has 0 radical (unpaired) electrons. The zero-order valence-corrected chi connectivity index (χ0v) is 19.0. The largest absolute Gasteiger partial charge is 0.351 e. The molecule has 0 amide bonds. The Hall–Kier alpha value is -2.90. The highest BCUT2D eigenvalue weighted by Crippen LogP contribution is 2.36. The van der Waals surface area contributed by atoms with Gasteiger partial charge in [-0.15, -0.1) is 0 Å². The summed E-state index contributed by atoms with van der Waals surface area (Å²) in [5, 5.41) is 4.56. The maximum Gasteiger partial charge on any atom is 0.268 e. The molecular weight excluding hydrogens is 444 g/mol. The molecule has 1 N–H and O–H groups in total. The van der Waals surface area contributed by atoms with Crippen molar-refractivity contribution < 1.29 is 8.42 Å². The van der Waals surface area contributed by atoms with Crippen LogP contribution in [0.5, 0.6) is 0 Å². The van der Waals surface area contributed by atoms with E-state index in [1.807, 2.05) is 18.2 Å². The van der Waals surface area contributed by atoms with E-state index in [2.05, 4.69) is 10.3 Å². The van der Waals surface area contributed by atoms with Crippen molar-refractivity contribution in [1.29, 1.82) is 0 Å². The van der Waals surface area contributed by atoms with Crippen molar-refractivity contribution >= 4 is 38.5 Å². The quantitative estimate of drug-likeness (QED) is 0.406. The van der Waals surface area contributed by atoms with Crippen LogP contribution in [0.15, 0.2) is 71.9 Å². The van der Waals surface area contributed by atoms with Crippen molar-refractivity contribution in [2.24, 2.45) is 0 Å². The zero-order chi connectivity index (χ0) is 22.1. The second kappa shape index (κ2) is 8.56. The van der Waals surface area contributed by atoms with Crippen LogP contribution in [0.2, 0.25) is 5.02 Å². The topological polar surface area (TPSA) is 76.9 Å². The van der Waals surface area contributed by atoms with E-state index < -0.39 is 10.0 Å². The van der Waals surface area contributed by atoms with Crippen LogP contribution in [0, 0.1) is 0 Å². The number of nitrogens with one attached hydrogen (secondary N) is 1. The number of hydrogen-bond acceptors (Lipinski definition) is 5. The highest BCUT2D eigenvalue weighted by molar-refractivity contribution is 7.90. The molecule has 1 saturated carbocycles. The van der Waals surface area contributed by atoms with Gasteiger partial charge in [-0.05, 0) is 31.0 Å². The number of halogens is 1. The van der Waals surface area contributed by atoms with Gasteiger partial charge < -0.3 is 5.32 Å². The number of hydrogen-bond donors (Lipinski definition) is 1. The molecule has 6 nitrogen and oxygen atoms in total. The van der Waals surface area contributed by atoms with Crippen LogP contribution in [0.4, 0.5) is 5.95 Å². The first-order chi connectivity index (χ1) is 15.5. The summed E-state index contributed by atoms with van der Waals surface area (Å²) in [5.74, 6) is 0.513. The molecule has 4 aromatic rings. The Bertz CT molecular complexity index is 1360. The van der Waals surface area contributed by atoms with Crippen LogP contribution >= 0.6 is 11.6 Å². The average molecular weight is 467 g/mol. The van der Waals surface area contributed by atoms with Crippen LogP contribution in [0.3, 0.4) is 0 Å². The maximum atomic E-state index is 13.4. The predicted octanol–water partition coefficient (Wildman–Crippen LogP) is 5.73. The molecule has 32 heavy (non-hydrogen) atoms. The van der Waals surface area contributed by atoms with Gasteiger partial charge in [-0.1, -0.05) is 67.3 Å². The summed E-state index contributed by atoms with van der Waals surface area (Å²) >= 11 is 6.50. The first kappa shape index (κ1) is 21.0. The Labute approximate surface area is 192 Å². The Morgan fingerprint density at radius 1 is 0.969 bits per heavy atom. The molecule has 2 aromatic carbocycles. The molecule has 0 saturated heterocycles. The predicted molar refractivity (Wildman–Crippen MR) is 127 cm³/mol. The van der Waals surface area contributed by atoms with Crippen molar-refractivity contribution in [1.82, 2.24) is 13.9 Å². The lowest BCUT2D eigenvalue weighted by molar-refractivity contribution is 0.461. The van der Waals surface area contributed by atoms with Gasteiger partial charge in [-0.2, -0.15) is 0 Å². The van der Waals surface area contributed by atoms with Crippen LogP contribution in [-0.2, 0) is 10.0 Å². The first-order valence-electron chi connectivity index (χ1n) is 10.7. The SMILES string of the molecule is O=S(=O)(c1ccccc1)n1cc(-c2nc(NC3CCCCC3)ncc2Cl)c2ccccc21. The normalized spacial score (nSPS) is 15.2. The summed E-state index contributed by atoms with van der Waals surface area (Å²) in [6.45, 7) is 0. The maximum absolute atomic E-state index is 13.4. The molecular formula is C24H23ClN4O2S. The van der Waals surface area contributed by atoms with Gasteiger partial charge in [0.2, 0.25) is 5.95 Å². The Balaban J connectivity index is 1.62. The summed E-state index contributed by atoms with van der Waals surface area (Å²) in [6.07, 6.45) is 9.02. The van der Waals surface area contributed by atoms with Crippen molar-refractivity contribution in [2.75, 3.05) is 5.32 Å². The number of para-hydroxylation sites is 1. The van der Waals surface area contributed by atoms with E-state index in [1.165, 1.54) is 23.2 Å². The minimum absolute atomic E-state index is 0.223. The number of anilines is 1. The van der Waals surface area contributed by atoms with E-state index in [0.717, 1.165) is 18.2 Å². The molecule has 164 valence electrons. The molecule has 0 unspecified atom stereocenters. The molecule has 5 rings (SSSR count). The van der Waals surface area contributed by atoms with Gasteiger partial charge in [0.05, 0.1) is 27.3 Å². The van der Waals surface area contributed by atoms with E-state index in [1.54, 1.807) is 48.8 Å². The minimum atomic E-state index is -3.78. The van der Waals surface area contributed by atoms with E-state index in [0.29, 0.717) is 33.8 Å². The van der Waals surface area contributed by atoms with Crippen molar-refractivity contribution in [3.05, 3.63) is 72.0 Å². The molecule has 2 aromatic heterocycles. The summed E-state index contributed by atoms with van der Waals surface area (Å²) in [6, 6.07) is 16.1. The Morgan fingerprint density at radius 2 is 1.69 bits per heavy atom. The van der Waals surface area contributed by atoms with Crippen molar-refractivity contribution in [2.45, 2.75) is 43.0 Å². The molecule has 1 aliphatic rings. The Morgan fingerprint density at radius 3 is 2.47 bits per heavy atom. The molecule has 0 atom stereocenters. The van der Waals surface area contributed by atoms with Gasteiger partial charge >= 0.3 is 0 Å². The lowest BCUT2D eigenvalue weighted by atomic mass is 9.96. The van der Waals surface area contributed by atoms with E-state index >= 15 is 0 Å². The molecule has 0 bridgehead atoms. The average Bonchev–Trinajstić information content (AvgIpc) is 3.22. The molecule has 2 heterocycles. The van der Waals surface area contributed by atoms with Crippen molar-refractivity contribution in [3.8, 4) is 11.3 Å². The number of benzene rings is 2. The molecule has 0 spiro atoms. The number of nitrogens with zero attached hydrogens (tertiary/aromatic N) is 3. The highest BCUT2D eigenvalue weighted by atomic mass is 35.5. The number of rotatable bonds is 5. The van der Waals surface area contributed by atoms with E-state index in [4.69, 9.17) is 16.6 Å². The highest BCUT2D eigenvalue weighted by Gasteiger charge is 2.23. The minimum Gasteiger partial charge on any atom is -0.351 e. The summed E-state index contributed by atoms with van der Waals surface area (Å²) in [4.78, 5) is 9.28. The van der Waals surface area contributed by atoms with Crippen LogP contribution in [0.1, 0.15) is 32.1 Å². The third-order valence-corrected chi connectivity index (χ3v) is 7.88. The fourth-order valence-electron chi connectivity index (χ4n) is 4.30. The van der Waals surface area contributed by atoms with Crippen molar-refractivity contribution in [3.63, 3.8) is 0 Å². The molecule has 0 aliphatic heterocycles. The van der Waals surface area contributed by atoms with Gasteiger partial charge in [0, 0.05) is 23.2 Å². The molecule has 1 fully saturated rings. The van der Waals surface area contributed by atoms with E-state index in [9.17, 15) is 8.42 Å². The smallest absolute Gasteiger partial charge is 0.268 e. The summed E-state index contributed by atoms with van der Waals surface area (Å²) in [5.41, 5.74) is 1.74. The fraction of sp³-hybridized carbons (Fsp3) is 0.250. The van der Waals surface area contributed by atoms with Crippen LogP contribution < -0.4 is 5.32 Å². The molecule has 1 aliphatic carbocycles. The zero-order valence-electron chi connectivity index (χ0n) is 17.4. The first-order valence-corrected chi connectivity index (χ1v) is 12.6. The van der Waals surface area contributed by atoms with Crippen LogP contribution in [0.25, 0.3) is 22.2 Å². The lowest BCUT2D eigenvalue weighted by Crippen LogP contribution is -2.23. The standard InChI is InChI=1S/C24H23ClN4O2S/c25-21-15-26-24(27-17-9-3-1-4-10-17)28-23(21)20-16-29(22-14-8-7-13-19(20)22)32(30,31)18-11-5-2-6-12-18/h2,5-8,11-17H,1,3-4,9-10H2,(H,26,27,28). The summed E-state index contributed by atoms with van der Waals surface area (Å²) < 4.78 is 28.1.